The van der Waals surface area contributed by atoms with Crippen molar-refractivity contribution in [3.8, 4) is 0 Å². The molecule has 1 atom stereocenters. The number of hydrogen-bond acceptors (Lipinski definition) is 3. The highest BCUT2D eigenvalue weighted by Crippen LogP contribution is 2.13. The van der Waals surface area contributed by atoms with E-state index in [1.807, 2.05) is 0 Å². The summed E-state index contributed by atoms with van der Waals surface area (Å²) in [4.78, 5) is 10.7. The molecular weight excluding hydrogens is 287 g/mol. The lowest BCUT2D eigenvalue weighted by atomic mass is 10.4. The topological polar surface area (TPSA) is 89.3 Å². The maximum absolute atomic E-state index is 11.7. The van der Waals surface area contributed by atoms with Crippen LogP contribution in [0.25, 0.3) is 0 Å². The third-order valence-electron chi connectivity index (χ3n) is 1.89. The standard InChI is InChI=1S/C9H10Cl2N2O3S/c10-6-1-3-7(4-2-6)17(15,16)13-5-8(11)9(12)14/h1-4,8,13H,5H2,(H2,12,14)/t8-/m0/s1. The molecule has 94 valence electrons. The Morgan fingerprint density at radius 1 is 1.35 bits per heavy atom. The Morgan fingerprint density at radius 3 is 2.35 bits per heavy atom. The molecule has 1 rings (SSSR count). The van der Waals surface area contributed by atoms with Crippen molar-refractivity contribution in [2.24, 2.45) is 5.73 Å². The summed E-state index contributed by atoms with van der Waals surface area (Å²) in [6, 6.07) is 5.58. The van der Waals surface area contributed by atoms with E-state index in [0.717, 1.165) is 0 Å². The molecule has 0 unspecified atom stereocenters. The van der Waals surface area contributed by atoms with Crippen LogP contribution in [-0.4, -0.2) is 26.2 Å². The quantitative estimate of drug-likeness (QED) is 0.784. The van der Waals surface area contributed by atoms with E-state index in [4.69, 9.17) is 28.9 Å². The lowest BCUT2D eigenvalue weighted by Crippen LogP contribution is -2.36. The second kappa shape index (κ2) is 5.68. The molecule has 0 fully saturated rings. The molecule has 0 spiro atoms. The van der Waals surface area contributed by atoms with Gasteiger partial charge in [-0.3, -0.25) is 4.79 Å². The number of nitrogens with one attached hydrogen (secondary N) is 1. The summed E-state index contributed by atoms with van der Waals surface area (Å²) in [5.74, 6) is -0.787. The van der Waals surface area contributed by atoms with Gasteiger partial charge in [0.05, 0.1) is 4.90 Å². The number of nitrogens with two attached hydrogens (primary N) is 1. The van der Waals surface area contributed by atoms with E-state index in [0.29, 0.717) is 5.02 Å². The van der Waals surface area contributed by atoms with Crippen LogP contribution in [0.15, 0.2) is 29.2 Å². The molecule has 0 heterocycles. The van der Waals surface area contributed by atoms with Gasteiger partial charge in [0.2, 0.25) is 15.9 Å². The van der Waals surface area contributed by atoms with E-state index in [1.165, 1.54) is 24.3 Å². The molecule has 0 bridgehead atoms. The predicted octanol–water partition coefficient (Wildman–Crippen LogP) is 0.711. The highest BCUT2D eigenvalue weighted by atomic mass is 35.5. The molecule has 0 radical (unpaired) electrons. The first-order chi connectivity index (χ1) is 7.83. The van der Waals surface area contributed by atoms with Gasteiger partial charge in [0.1, 0.15) is 5.38 Å². The Balaban J connectivity index is 2.76. The zero-order valence-corrected chi connectivity index (χ0v) is 10.9. The molecule has 5 nitrogen and oxygen atoms in total. The normalized spacial score (nSPS) is 13.3. The molecule has 0 saturated heterocycles. The summed E-state index contributed by atoms with van der Waals surface area (Å²) < 4.78 is 25.6. The third-order valence-corrected chi connectivity index (χ3v) is 3.95. The van der Waals surface area contributed by atoms with Crippen molar-refractivity contribution in [1.29, 1.82) is 0 Å². The molecule has 17 heavy (non-hydrogen) atoms. The van der Waals surface area contributed by atoms with E-state index in [9.17, 15) is 13.2 Å². The van der Waals surface area contributed by atoms with Crippen molar-refractivity contribution in [3.05, 3.63) is 29.3 Å². The maximum atomic E-state index is 11.7. The van der Waals surface area contributed by atoms with Crippen LogP contribution in [0.2, 0.25) is 5.02 Å². The number of alkyl halides is 1. The number of hydrogen-bond donors (Lipinski definition) is 2. The van der Waals surface area contributed by atoms with Crippen LogP contribution >= 0.6 is 23.2 Å². The van der Waals surface area contributed by atoms with Crippen molar-refractivity contribution in [2.75, 3.05) is 6.54 Å². The fraction of sp³-hybridized carbons (Fsp3) is 0.222. The molecule has 0 aliphatic rings. The number of carbonyl (C=O) groups excluding carboxylic acids is 1. The van der Waals surface area contributed by atoms with Crippen molar-refractivity contribution < 1.29 is 13.2 Å². The Hall–Kier alpha value is -0.820. The monoisotopic (exact) mass is 296 g/mol. The summed E-state index contributed by atoms with van der Waals surface area (Å²) in [5.41, 5.74) is 4.90. The molecule has 0 aliphatic carbocycles. The van der Waals surface area contributed by atoms with Crippen LogP contribution < -0.4 is 10.5 Å². The van der Waals surface area contributed by atoms with E-state index in [2.05, 4.69) is 4.72 Å². The maximum Gasteiger partial charge on any atom is 0.240 e. The van der Waals surface area contributed by atoms with Gasteiger partial charge in [-0.1, -0.05) is 11.6 Å². The zero-order valence-electron chi connectivity index (χ0n) is 8.56. The first kappa shape index (κ1) is 14.2. The summed E-state index contributed by atoms with van der Waals surface area (Å²) >= 11 is 11.1. The second-order valence-corrected chi connectivity index (χ2v) is 5.91. The number of benzene rings is 1. The lowest BCUT2D eigenvalue weighted by molar-refractivity contribution is -0.117. The Morgan fingerprint density at radius 2 is 1.88 bits per heavy atom. The van der Waals surface area contributed by atoms with Gasteiger partial charge in [-0.05, 0) is 24.3 Å². The SMILES string of the molecule is NC(=O)[C@@H](Cl)CNS(=O)(=O)c1ccc(Cl)cc1. The molecular formula is C9H10Cl2N2O3S. The predicted molar refractivity (Wildman–Crippen MR) is 65.5 cm³/mol. The summed E-state index contributed by atoms with van der Waals surface area (Å²) in [5, 5.41) is -0.659. The molecule has 8 heteroatoms. The van der Waals surface area contributed by atoms with Crippen molar-refractivity contribution in [1.82, 2.24) is 4.72 Å². The number of rotatable bonds is 5. The fourth-order valence-corrected chi connectivity index (χ4v) is 2.32. The summed E-state index contributed by atoms with van der Waals surface area (Å²) in [6.45, 7) is -0.262. The van der Waals surface area contributed by atoms with Gasteiger partial charge in [-0.15, -0.1) is 11.6 Å². The Bertz CT molecular complexity index is 501. The highest BCUT2D eigenvalue weighted by molar-refractivity contribution is 7.89. The van der Waals surface area contributed by atoms with Gasteiger partial charge in [-0.25, -0.2) is 13.1 Å². The minimum atomic E-state index is -3.71. The van der Waals surface area contributed by atoms with E-state index in [-0.39, 0.29) is 11.4 Å². The molecule has 3 N–H and O–H groups in total. The van der Waals surface area contributed by atoms with Crippen molar-refractivity contribution in [2.45, 2.75) is 10.3 Å². The van der Waals surface area contributed by atoms with Crippen LogP contribution in [0.3, 0.4) is 0 Å². The van der Waals surface area contributed by atoms with Crippen LogP contribution in [-0.2, 0) is 14.8 Å². The first-order valence-electron chi connectivity index (χ1n) is 4.51. The number of primary amides is 1. The molecule has 0 aromatic heterocycles. The second-order valence-electron chi connectivity index (χ2n) is 3.18. The average molecular weight is 297 g/mol. The number of amides is 1. The molecule has 1 amide bonds. The van der Waals surface area contributed by atoms with Crippen molar-refractivity contribution >= 4 is 39.1 Å². The number of halogens is 2. The van der Waals surface area contributed by atoms with Gasteiger partial charge < -0.3 is 5.73 Å². The van der Waals surface area contributed by atoms with Gasteiger partial charge in [0, 0.05) is 11.6 Å². The molecule has 0 aliphatic heterocycles. The van der Waals surface area contributed by atoms with E-state index >= 15 is 0 Å². The molecule has 0 saturated carbocycles. The Labute approximate surface area is 109 Å². The number of carbonyl (C=O) groups is 1. The zero-order chi connectivity index (χ0) is 13.1. The van der Waals surface area contributed by atoms with Crippen LogP contribution in [0, 0.1) is 0 Å². The smallest absolute Gasteiger partial charge is 0.240 e. The lowest BCUT2D eigenvalue weighted by Gasteiger charge is -2.08. The summed E-state index contributed by atoms with van der Waals surface area (Å²) in [6.07, 6.45) is 0. The van der Waals surface area contributed by atoms with Crippen LogP contribution in [0.1, 0.15) is 0 Å². The molecule has 1 aromatic carbocycles. The van der Waals surface area contributed by atoms with E-state index < -0.39 is 21.3 Å². The highest BCUT2D eigenvalue weighted by Gasteiger charge is 2.18. The summed E-state index contributed by atoms with van der Waals surface area (Å²) in [7, 11) is -3.71. The minimum absolute atomic E-state index is 0.0373. The van der Waals surface area contributed by atoms with E-state index in [1.54, 1.807) is 0 Å². The first-order valence-corrected chi connectivity index (χ1v) is 6.81. The fourth-order valence-electron chi connectivity index (χ4n) is 0.981. The number of sulfonamides is 1. The molecule has 1 aromatic rings. The third kappa shape index (κ3) is 4.16. The van der Waals surface area contributed by atoms with Gasteiger partial charge in [0.25, 0.3) is 0 Å². The van der Waals surface area contributed by atoms with Gasteiger partial charge >= 0.3 is 0 Å². The van der Waals surface area contributed by atoms with Gasteiger partial charge in [-0.2, -0.15) is 0 Å². The minimum Gasteiger partial charge on any atom is -0.368 e. The van der Waals surface area contributed by atoms with Crippen LogP contribution in [0.5, 0.6) is 0 Å². The Kier molecular flexibility index (Phi) is 4.76. The van der Waals surface area contributed by atoms with Crippen LogP contribution in [0.4, 0.5) is 0 Å². The van der Waals surface area contributed by atoms with Gasteiger partial charge in [0.15, 0.2) is 0 Å². The average Bonchev–Trinajstić information content (AvgIpc) is 2.26. The largest absolute Gasteiger partial charge is 0.368 e. The van der Waals surface area contributed by atoms with Crippen molar-refractivity contribution in [3.63, 3.8) is 0 Å².